The first-order chi connectivity index (χ1) is 11.7. The van der Waals surface area contributed by atoms with Crippen LogP contribution in [0.15, 0.2) is 59.3 Å². The van der Waals surface area contributed by atoms with E-state index >= 15 is 0 Å². The van der Waals surface area contributed by atoms with E-state index in [0.717, 1.165) is 11.1 Å². The fourth-order valence-corrected chi connectivity index (χ4v) is 2.23. The van der Waals surface area contributed by atoms with Crippen molar-refractivity contribution >= 4 is 5.91 Å². The van der Waals surface area contributed by atoms with Crippen LogP contribution in [-0.4, -0.2) is 18.2 Å². The molecule has 0 atom stereocenters. The van der Waals surface area contributed by atoms with Crippen molar-refractivity contribution in [2.24, 2.45) is 0 Å². The summed E-state index contributed by atoms with van der Waals surface area (Å²) in [6, 6.07) is 13.1. The Kier molecular flexibility index (Phi) is 4.56. The molecule has 0 aliphatic heterocycles. The smallest absolute Gasteiger partial charge is 0.257 e. The van der Waals surface area contributed by atoms with Crippen molar-refractivity contribution in [3.63, 3.8) is 0 Å². The number of nitrogens with zero attached hydrogens (tertiary/aromatic N) is 1. The molecule has 0 saturated carbocycles. The van der Waals surface area contributed by atoms with Crippen molar-refractivity contribution < 1.29 is 18.4 Å². The number of methoxy groups -OCH3 is 1. The zero-order chi connectivity index (χ0) is 16.9. The topological polar surface area (TPSA) is 64.4 Å². The lowest BCUT2D eigenvalue weighted by Gasteiger charge is -2.06. The van der Waals surface area contributed by atoms with Crippen LogP contribution in [0.1, 0.15) is 15.9 Å². The zero-order valence-electron chi connectivity index (χ0n) is 13.0. The second kappa shape index (κ2) is 6.95. The molecule has 0 fully saturated rings. The zero-order valence-corrected chi connectivity index (χ0v) is 13.0. The Bertz CT molecular complexity index is 826. The lowest BCUT2D eigenvalue weighted by Crippen LogP contribution is -2.22. The monoisotopic (exact) mass is 326 g/mol. The van der Waals surface area contributed by atoms with Crippen molar-refractivity contribution in [2.75, 3.05) is 7.11 Å². The molecular weight excluding hydrogens is 311 g/mol. The number of aromatic nitrogens is 1. The number of benzene rings is 2. The SMILES string of the molecule is COc1ccc(-c2oncc2C(=O)NCc2ccc(F)cc2)cc1. The highest BCUT2D eigenvalue weighted by atomic mass is 19.1. The molecule has 5 nitrogen and oxygen atoms in total. The first kappa shape index (κ1) is 15.7. The van der Waals surface area contributed by atoms with Crippen LogP contribution in [-0.2, 0) is 6.54 Å². The van der Waals surface area contributed by atoms with Crippen molar-refractivity contribution in [1.82, 2.24) is 10.5 Å². The average molecular weight is 326 g/mol. The van der Waals surface area contributed by atoms with Crippen LogP contribution in [0.4, 0.5) is 4.39 Å². The minimum Gasteiger partial charge on any atom is -0.497 e. The number of ether oxygens (including phenoxy) is 1. The molecule has 1 heterocycles. The number of carbonyl (C=O) groups is 1. The van der Waals surface area contributed by atoms with Crippen molar-refractivity contribution in [3.8, 4) is 17.1 Å². The maximum atomic E-state index is 12.9. The van der Waals surface area contributed by atoms with Gasteiger partial charge in [-0.1, -0.05) is 17.3 Å². The number of amides is 1. The van der Waals surface area contributed by atoms with Crippen molar-refractivity contribution in [2.45, 2.75) is 6.54 Å². The van der Waals surface area contributed by atoms with Gasteiger partial charge in [-0.2, -0.15) is 0 Å². The van der Waals surface area contributed by atoms with Gasteiger partial charge in [0.15, 0.2) is 5.76 Å². The van der Waals surface area contributed by atoms with Gasteiger partial charge in [-0.05, 0) is 42.0 Å². The molecule has 0 unspecified atom stereocenters. The van der Waals surface area contributed by atoms with E-state index in [9.17, 15) is 9.18 Å². The Morgan fingerprint density at radius 1 is 1.17 bits per heavy atom. The minimum absolute atomic E-state index is 0.284. The van der Waals surface area contributed by atoms with Crippen LogP contribution in [0.25, 0.3) is 11.3 Å². The van der Waals surface area contributed by atoms with E-state index in [1.807, 2.05) is 0 Å². The van der Waals surface area contributed by atoms with Gasteiger partial charge in [-0.25, -0.2) is 4.39 Å². The molecule has 0 saturated heterocycles. The fourth-order valence-electron chi connectivity index (χ4n) is 2.23. The summed E-state index contributed by atoms with van der Waals surface area (Å²) in [7, 11) is 1.58. The second-order valence-corrected chi connectivity index (χ2v) is 5.11. The number of carbonyl (C=O) groups excluding carboxylic acids is 1. The molecule has 0 bridgehead atoms. The van der Waals surface area contributed by atoms with Gasteiger partial charge in [0.05, 0.1) is 13.3 Å². The highest BCUT2D eigenvalue weighted by Gasteiger charge is 2.17. The van der Waals surface area contributed by atoms with Crippen LogP contribution in [0.2, 0.25) is 0 Å². The van der Waals surface area contributed by atoms with Gasteiger partial charge in [0.1, 0.15) is 17.1 Å². The van der Waals surface area contributed by atoms with Crippen molar-refractivity contribution in [3.05, 3.63) is 71.7 Å². The molecule has 0 radical (unpaired) electrons. The molecule has 122 valence electrons. The van der Waals surface area contributed by atoms with E-state index in [1.165, 1.54) is 18.3 Å². The van der Waals surface area contributed by atoms with Gasteiger partial charge < -0.3 is 14.6 Å². The van der Waals surface area contributed by atoms with Crippen LogP contribution >= 0.6 is 0 Å². The molecule has 0 aliphatic rings. The number of hydrogen-bond donors (Lipinski definition) is 1. The van der Waals surface area contributed by atoms with E-state index in [1.54, 1.807) is 43.5 Å². The molecule has 1 N–H and O–H groups in total. The largest absolute Gasteiger partial charge is 0.497 e. The quantitative estimate of drug-likeness (QED) is 0.780. The minimum atomic E-state index is -0.314. The third kappa shape index (κ3) is 3.43. The van der Waals surface area contributed by atoms with E-state index < -0.39 is 0 Å². The van der Waals surface area contributed by atoms with Crippen LogP contribution in [0.5, 0.6) is 5.75 Å². The van der Waals surface area contributed by atoms with E-state index in [2.05, 4.69) is 10.5 Å². The van der Waals surface area contributed by atoms with Gasteiger partial charge >= 0.3 is 0 Å². The van der Waals surface area contributed by atoms with Crippen molar-refractivity contribution in [1.29, 1.82) is 0 Å². The molecule has 3 rings (SSSR count). The molecule has 1 aromatic heterocycles. The number of nitrogens with one attached hydrogen (secondary N) is 1. The Morgan fingerprint density at radius 3 is 2.54 bits per heavy atom. The molecular formula is C18H15FN2O3. The Labute approximate surface area is 138 Å². The predicted molar refractivity (Wildman–Crippen MR) is 86.1 cm³/mol. The highest BCUT2D eigenvalue weighted by Crippen LogP contribution is 2.25. The molecule has 0 aliphatic carbocycles. The molecule has 6 heteroatoms. The van der Waals surface area contributed by atoms with E-state index in [-0.39, 0.29) is 18.3 Å². The summed E-state index contributed by atoms with van der Waals surface area (Å²) in [5, 5.41) is 6.48. The summed E-state index contributed by atoms with van der Waals surface area (Å²) in [5.74, 6) is 0.465. The summed E-state index contributed by atoms with van der Waals surface area (Å²) in [5.41, 5.74) is 1.86. The summed E-state index contributed by atoms with van der Waals surface area (Å²) >= 11 is 0. The third-order valence-electron chi connectivity index (χ3n) is 3.53. The summed E-state index contributed by atoms with van der Waals surface area (Å²) in [6.45, 7) is 0.284. The van der Waals surface area contributed by atoms with Crippen LogP contribution < -0.4 is 10.1 Å². The van der Waals surface area contributed by atoms with Gasteiger partial charge in [-0.3, -0.25) is 4.79 Å². The van der Waals surface area contributed by atoms with Crippen LogP contribution in [0, 0.1) is 5.82 Å². The number of halogens is 1. The lowest BCUT2D eigenvalue weighted by molar-refractivity contribution is 0.0951. The number of hydrogen-bond acceptors (Lipinski definition) is 4. The maximum Gasteiger partial charge on any atom is 0.257 e. The lowest BCUT2D eigenvalue weighted by atomic mass is 10.1. The predicted octanol–water partition coefficient (Wildman–Crippen LogP) is 3.42. The van der Waals surface area contributed by atoms with Gasteiger partial charge in [0.2, 0.25) is 0 Å². The maximum absolute atomic E-state index is 12.9. The number of rotatable bonds is 5. The standard InChI is InChI=1S/C18H15FN2O3/c1-23-15-8-4-13(5-9-15)17-16(11-21-24-17)18(22)20-10-12-2-6-14(19)7-3-12/h2-9,11H,10H2,1H3,(H,20,22). The van der Waals surface area contributed by atoms with Gasteiger partial charge in [0.25, 0.3) is 5.91 Å². The third-order valence-corrected chi connectivity index (χ3v) is 3.53. The van der Waals surface area contributed by atoms with Gasteiger partial charge in [-0.15, -0.1) is 0 Å². The van der Waals surface area contributed by atoms with E-state index in [4.69, 9.17) is 9.26 Å². The molecule has 2 aromatic carbocycles. The van der Waals surface area contributed by atoms with Gasteiger partial charge in [0, 0.05) is 12.1 Å². The second-order valence-electron chi connectivity index (χ2n) is 5.11. The average Bonchev–Trinajstić information content (AvgIpc) is 3.11. The summed E-state index contributed by atoms with van der Waals surface area (Å²) in [4.78, 5) is 12.4. The summed E-state index contributed by atoms with van der Waals surface area (Å²) in [6.07, 6.45) is 1.37. The Balaban J connectivity index is 1.73. The molecule has 0 spiro atoms. The molecule has 1 amide bonds. The highest BCUT2D eigenvalue weighted by molar-refractivity contribution is 5.99. The summed E-state index contributed by atoms with van der Waals surface area (Å²) < 4.78 is 23.2. The molecule has 24 heavy (non-hydrogen) atoms. The Hall–Kier alpha value is -3.15. The fraction of sp³-hybridized carbons (Fsp3) is 0.111. The molecule has 3 aromatic rings. The first-order valence-electron chi connectivity index (χ1n) is 7.29. The van der Waals surface area contributed by atoms with Crippen LogP contribution in [0.3, 0.4) is 0 Å². The Morgan fingerprint density at radius 2 is 1.88 bits per heavy atom. The normalized spacial score (nSPS) is 10.4. The first-order valence-corrected chi connectivity index (χ1v) is 7.29. The van der Waals surface area contributed by atoms with E-state index in [0.29, 0.717) is 17.1 Å².